The summed E-state index contributed by atoms with van der Waals surface area (Å²) in [6.07, 6.45) is 2.07. The maximum absolute atomic E-state index is 3.73. The first-order chi connectivity index (χ1) is 3.43. The van der Waals surface area contributed by atoms with Crippen LogP contribution >= 0.6 is 11.8 Å². The summed E-state index contributed by atoms with van der Waals surface area (Å²) in [5, 5.41) is 2.09. The Morgan fingerprint density at radius 2 is 2.71 bits per heavy atom. The minimum Gasteiger partial charge on any atom is -0.367 e. The zero-order chi connectivity index (χ0) is 5.11. The summed E-state index contributed by atoms with van der Waals surface area (Å²) in [4.78, 5) is 2.16. The molecular formula is C5H8NS. The molecule has 0 amide bonds. The molecule has 0 fully saturated rings. The largest absolute Gasteiger partial charge is 0.367 e. The van der Waals surface area contributed by atoms with Crippen molar-refractivity contribution in [2.75, 3.05) is 12.4 Å². The van der Waals surface area contributed by atoms with Gasteiger partial charge in [-0.15, -0.1) is 11.8 Å². The first-order valence-electron chi connectivity index (χ1n) is 2.25. The van der Waals surface area contributed by atoms with E-state index in [2.05, 4.69) is 23.4 Å². The summed E-state index contributed by atoms with van der Waals surface area (Å²) in [5.74, 6) is 1.09. The third-order valence-corrected chi connectivity index (χ3v) is 1.69. The van der Waals surface area contributed by atoms with Crippen molar-refractivity contribution in [1.29, 1.82) is 0 Å². The fraction of sp³-hybridized carbons (Fsp3) is 0.400. The molecule has 1 aliphatic heterocycles. The van der Waals surface area contributed by atoms with Gasteiger partial charge in [0.25, 0.3) is 0 Å². The smallest absolute Gasteiger partial charge is 0.0675 e. The van der Waals surface area contributed by atoms with Crippen molar-refractivity contribution in [2.24, 2.45) is 0 Å². The molecule has 0 aliphatic carbocycles. The molecule has 0 aromatic rings. The van der Waals surface area contributed by atoms with Crippen molar-refractivity contribution in [1.82, 2.24) is 4.90 Å². The molecule has 0 saturated heterocycles. The van der Waals surface area contributed by atoms with Crippen LogP contribution in [0.15, 0.2) is 11.6 Å². The Kier molecular flexibility index (Phi) is 1.63. The van der Waals surface area contributed by atoms with Gasteiger partial charge in [0.2, 0.25) is 0 Å². The van der Waals surface area contributed by atoms with Crippen LogP contribution in [0.3, 0.4) is 0 Å². The molecule has 1 aliphatic rings. The summed E-state index contributed by atoms with van der Waals surface area (Å²) < 4.78 is 0. The Labute approximate surface area is 48.4 Å². The van der Waals surface area contributed by atoms with E-state index in [1.807, 2.05) is 11.8 Å². The van der Waals surface area contributed by atoms with Crippen LogP contribution in [0.2, 0.25) is 0 Å². The van der Waals surface area contributed by atoms with E-state index in [9.17, 15) is 0 Å². The first kappa shape index (κ1) is 5.04. The fourth-order valence-corrected chi connectivity index (χ4v) is 1.20. The Hall–Kier alpha value is -0.110. The van der Waals surface area contributed by atoms with Crippen molar-refractivity contribution >= 4 is 11.8 Å². The lowest BCUT2D eigenvalue weighted by atomic mass is 10.7. The highest BCUT2D eigenvalue weighted by Gasteiger charge is 1.98. The molecule has 0 bridgehead atoms. The van der Waals surface area contributed by atoms with Gasteiger partial charge in [0.15, 0.2) is 0 Å². The number of hydrogen-bond acceptors (Lipinski definition) is 2. The zero-order valence-electron chi connectivity index (χ0n) is 4.13. The molecular weight excluding hydrogens is 106 g/mol. The highest BCUT2D eigenvalue weighted by Crippen LogP contribution is 2.13. The molecule has 0 spiro atoms. The van der Waals surface area contributed by atoms with Crippen molar-refractivity contribution < 1.29 is 0 Å². The normalized spacial score (nSPS) is 18.7. The molecule has 39 valence electrons. The summed E-state index contributed by atoms with van der Waals surface area (Å²) in [7, 11) is 0. The van der Waals surface area contributed by atoms with Crippen LogP contribution in [0, 0.1) is 6.92 Å². The summed E-state index contributed by atoms with van der Waals surface area (Å²) >= 11 is 1.81. The molecule has 1 nitrogen and oxygen atoms in total. The number of nitrogens with zero attached hydrogens (tertiary/aromatic N) is 1. The minimum absolute atomic E-state index is 0.892. The molecule has 1 radical (unpaired) electrons. The predicted molar refractivity (Wildman–Crippen MR) is 33.7 cm³/mol. The Bertz CT molecular complexity index is 80.1. The van der Waals surface area contributed by atoms with Gasteiger partial charge in [-0.1, -0.05) is 0 Å². The second-order valence-corrected chi connectivity index (χ2v) is 2.26. The van der Waals surface area contributed by atoms with Gasteiger partial charge < -0.3 is 4.90 Å². The van der Waals surface area contributed by atoms with Crippen molar-refractivity contribution in [3.05, 3.63) is 18.5 Å². The SMILES string of the molecule is [CH2]CN1C=CSC1. The molecule has 0 aromatic heterocycles. The molecule has 0 unspecified atom stereocenters. The highest BCUT2D eigenvalue weighted by atomic mass is 32.2. The van der Waals surface area contributed by atoms with Gasteiger partial charge in [0.05, 0.1) is 5.88 Å². The van der Waals surface area contributed by atoms with Gasteiger partial charge in [0, 0.05) is 12.7 Å². The average Bonchev–Trinajstić information content (AvgIpc) is 2.14. The van der Waals surface area contributed by atoms with E-state index >= 15 is 0 Å². The van der Waals surface area contributed by atoms with Crippen LogP contribution in [0.25, 0.3) is 0 Å². The maximum Gasteiger partial charge on any atom is 0.0675 e. The van der Waals surface area contributed by atoms with Crippen LogP contribution in [0.5, 0.6) is 0 Å². The quantitative estimate of drug-likeness (QED) is 0.505. The van der Waals surface area contributed by atoms with Gasteiger partial charge in [0.1, 0.15) is 0 Å². The topological polar surface area (TPSA) is 3.24 Å². The standard InChI is InChI=1S/C5H8NS/c1-2-6-3-4-7-5-6/h3-4H,1-2,5H2. The lowest BCUT2D eigenvalue weighted by molar-refractivity contribution is 0.497. The van der Waals surface area contributed by atoms with Crippen LogP contribution in [-0.4, -0.2) is 17.3 Å². The number of hydrogen-bond donors (Lipinski definition) is 0. The van der Waals surface area contributed by atoms with Crippen LogP contribution in [0.1, 0.15) is 0 Å². The molecule has 0 N–H and O–H groups in total. The van der Waals surface area contributed by atoms with E-state index in [1.54, 1.807) is 0 Å². The second-order valence-electron chi connectivity index (χ2n) is 1.39. The lowest BCUT2D eigenvalue weighted by Crippen LogP contribution is -2.11. The molecule has 1 heterocycles. The summed E-state index contributed by atoms with van der Waals surface area (Å²) in [6.45, 7) is 4.62. The Morgan fingerprint density at radius 1 is 1.86 bits per heavy atom. The van der Waals surface area contributed by atoms with Crippen LogP contribution in [0.4, 0.5) is 0 Å². The van der Waals surface area contributed by atoms with E-state index < -0.39 is 0 Å². The molecule has 1 rings (SSSR count). The van der Waals surface area contributed by atoms with E-state index in [0.717, 1.165) is 12.4 Å². The van der Waals surface area contributed by atoms with Crippen LogP contribution < -0.4 is 0 Å². The van der Waals surface area contributed by atoms with Gasteiger partial charge in [-0.3, -0.25) is 0 Å². The minimum atomic E-state index is 0.892. The third kappa shape index (κ3) is 1.13. The number of rotatable bonds is 1. The Balaban J connectivity index is 2.28. The van der Waals surface area contributed by atoms with Gasteiger partial charge in [-0.05, 0) is 12.3 Å². The van der Waals surface area contributed by atoms with Gasteiger partial charge in [-0.2, -0.15) is 0 Å². The van der Waals surface area contributed by atoms with Gasteiger partial charge >= 0.3 is 0 Å². The van der Waals surface area contributed by atoms with Crippen molar-refractivity contribution in [2.45, 2.75) is 0 Å². The Morgan fingerprint density at radius 3 is 3.00 bits per heavy atom. The molecule has 0 saturated carbocycles. The van der Waals surface area contributed by atoms with Crippen molar-refractivity contribution in [3.63, 3.8) is 0 Å². The first-order valence-corrected chi connectivity index (χ1v) is 3.30. The molecule has 7 heavy (non-hydrogen) atoms. The summed E-state index contributed by atoms with van der Waals surface area (Å²) in [6, 6.07) is 0. The van der Waals surface area contributed by atoms with E-state index in [0.29, 0.717) is 0 Å². The second kappa shape index (κ2) is 2.26. The van der Waals surface area contributed by atoms with E-state index in [1.165, 1.54) is 0 Å². The molecule has 2 heteroatoms. The highest BCUT2D eigenvalue weighted by molar-refractivity contribution is 8.02. The average molecular weight is 114 g/mol. The fourth-order valence-electron chi connectivity index (χ4n) is 0.450. The van der Waals surface area contributed by atoms with Crippen LogP contribution in [-0.2, 0) is 0 Å². The van der Waals surface area contributed by atoms with E-state index in [-0.39, 0.29) is 0 Å². The zero-order valence-corrected chi connectivity index (χ0v) is 4.95. The maximum atomic E-state index is 3.73. The van der Waals surface area contributed by atoms with E-state index in [4.69, 9.17) is 0 Å². The third-order valence-electron chi connectivity index (χ3n) is 0.895. The molecule has 0 atom stereocenters. The van der Waals surface area contributed by atoms with Gasteiger partial charge in [-0.25, -0.2) is 0 Å². The predicted octanol–water partition coefficient (Wildman–Crippen LogP) is 1.30. The van der Waals surface area contributed by atoms with Crippen molar-refractivity contribution in [3.8, 4) is 0 Å². The summed E-state index contributed by atoms with van der Waals surface area (Å²) in [5.41, 5.74) is 0. The monoisotopic (exact) mass is 114 g/mol. The molecule has 0 aromatic carbocycles. The number of thioether (sulfide) groups is 1. The lowest BCUT2D eigenvalue weighted by Gasteiger charge is -2.08.